The quantitative estimate of drug-likeness (QED) is 0.614. The van der Waals surface area contributed by atoms with E-state index in [1.807, 2.05) is 6.07 Å². The lowest BCUT2D eigenvalue weighted by Gasteiger charge is -2.37. The molecule has 1 fully saturated rings. The van der Waals surface area contributed by atoms with Gasteiger partial charge in [0.1, 0.15) is 30.0 Å². The first-order chi connectivity index (χ1) is 15.2. The molecule has 1 aliphatic heterocycles. The first kappa shape index (κ1) is 23.2. The van der Waals surface area contributed by atoms with Crippen LogP contribution in [-0.4, -0.2) is 54.6 Å². The van der Waals surface area contributed by atoms with E-state index in [9.17, 15) is 14.0 Å². The van der Waals surface area contributed by atoms with E-state index in [2.05, 4.69) is 0 Å². The van der Waals surface area contributed by atoms with Crippen LogP contribution in [-0.2, 0) is 9.53 Å². The van der Waals surface area contributed by atoms with Crippen molar-refractivity contribution in [3.63, 3.8) is 0 Å². The number of halogens is 1. The molecular formula is C24H25FN2O5. The van der Waals surface area contributed by atoms with E-state index in [1.165, 1.54) is 19.1 Å². The molecular weight excluding hydrogens is 415 g/mol. The summed E-state index contributed by atoms with van der Waals surface area (Å²) in [6.45, 7) is 5.84. The Kier molecular flexibility index (Phi) is 7.11. The highest BCUT2D eigenvalue weighted by molar-refractivity contribution is 5.96. The van der Waals surface area contributed by atoms with Crippen LogP contribution in [0.2, 0.25) is 0 Å². The summed E-state index contributed by atoms with van der Waals surface area (Å²) >= 11 is 0. The van der Waals surface area contributed by atoms with Gasteiger partial charge in [0.2, 0.25) is 0 Å². The second-order valence-corrected chi connectivity index (χ2v) is 8.00. The summed E-state index contributed by atoms with van der Waals surface area (Å²) in [6.07, 6.45) is -0.414. The van der Waals surface area contributed by atoms with E-state index in [0.717, 1.165) is 6.07 Å². The zero-order valence-electron chi connectivity index (χ0n) is 18.3. The van der Waals surface area contributed by atoms with Crippen LogP contribution >= 0.6 is 0 Å². The fraction of sp³-hybridized carbons (Fsp3) is 0.375. The molecule has 2 aromatic carbocycles. The number of nitriles is 1. The fourth-order valence-electron chi connectivity index (χ4n) is 3.41. The van der Waals surface area contributed by atoms with Gasteiger partial charge < -0.3 is 19.1 Å². The predicted octanol–water partition coefficient (Wildman–Crippen LogP) is 3.36. The number of hydrogen-bond acceptors (Lipinski definition) is 6. The third-order valence-electron chi connectivity index (χ3n) is 5.04. The van der Waals surface area contributed by atoms with Crippen LogP contribution < -0.4 is 9.47 Å². The molecule has 0 bridgehead atoms. The van der Waals surface area contributed by atoms with E-state index < -0.39 is 17.5 Å². The minimum Gasteiger partial charge on any atom is -0.490 e. The minimum absolute atomic E-state index is 0.104. The fourth-order valence-corrected chi connectivity index (χ4v) is 3.41. The van der Waals surface area contributed by atoms with Crippen molar-refractivity contribution in [3.8, 4) is 17.6 Å². The lowest BCUT2D eigenvalue weighted by Crippen LogP contribution is -2.55. The molecule has 32 heavy (non-hydrogen) atoms. The summed E-state index contributed by atoms with van der Waals surface area (Å²) in [4.78, 5) is 26.5. The zero-order valence-corrected chi connectivity index (χ0v) is 18.3. The van der Waals surface area contributed by atoms with Crippen LogP contribution in [0, 0.1) is 17.1 Å². The molecule has 0 N–H and O–H groups in total. The van der Waals surface area contributed by atoms with Gasteiger partial charge in [0.05, 0.1) is 30.3 Å². The van der Waals surface area contributed by atoms with Gasteiger partial charge in [-0.3, -0.25) is 9.59 Å². The maximum absolute atomic E-state index is 13.4. The lowest BCUT2D eigenvalue weighted by molar-refractivity contribution is -0.153. The predicted molar refractivity (Wildman–Crippen MR) is 114 cm³/mol. The van der Waals surface area contributed by atoms with E-state index in [1.54, 1.807) is 43.0 Å². The average Bonchev–Trinajstić information content (AvgIpc) is 2.78. The summed E-state index contributed by atoms with van der Waals surface area (Å²) in [5, 5.41) is 8.91. The topological polar surface area (TPSA) is 88.9 Å². The second kappa shape index (κ2) is 9.79. The van der Waals surface area contributed by atoms with Gasteiger partial charge in [-0.2, -0.15) is 5.26 Å². The van der Waals surface area contributed by atoms with Crippen LogP contribution in [0.25, 0.3) is 0 Å². The Hall–Kier alpha value is -3.44. The molecule has 3 rings (SSSR count). The number of Topliss-reactive ketones (excluding diaryl/α,β-unsaturated/α-hetero) is 1. The van der Waals surface area contributed by atoms with Crippen molar-refractivity contribution in [2.45, 2.75) is 32.5 Å². The van der Waals surface area contributed by atoms with Gasteiger partial charge in [-0.25, -0.2) is 4.39 Å². The Morgan fingerprint density at radius 1 is 1.25 bits per heavy atom. The molecule has 0 spiro atoms. The van der Waals surface area contributed by atoms with Gasteiger partial charge in [-0.1, -0.05) is 0 Å². The van der Waals surface area contributed by atoms with Crippen LogP contribution in [0.15, 0.2) is 42.5 Å². The highest BCUT2D eigenvalue weighted by Gasteiger charge is 2.37. The Balaban J connectivity index is 1.61. The molecule has 1 amide bonds. The Bertz CT molecular complexity index is 1030. The molecule has 2 aromatic rings. The second-order valence-electron chi connectivity index (χ2n) is 8.00. The third-order valence-corrected chi connectivity index (χ3v) is 5.04. The molecule has 8 heteroatoms. The molecule has 0 aliphatic carbocycles. The van der Waals surface area contributed by atoms with Crippen molar-refractivity contribution in [2.75, 3.05) is 26.3 Å². The van der Waals surface area contributed by atoms with E-state index in [0.29, 0.717) is 24.5 Å². The summed E-state index contributed by atoms with van der Waals surface area (Å²) in [6, 6.07) is 12.4. The van der Waals surface area contributed by atoms with Crippen molar-refractivity contribution < 1.29 is 28.2 Å². The molecule has 1 atom stereocenters. The van der Waals surface area contributed by atoms with Crippen molar-refractivity contribution in [1.29, 1.82) is 5.26 Å². The first-order valence-corrected chi connectivity index (χ1v) is 10.2. The largest absolute Gasteiger partial charge is 0.490 e. The number of carbonyl (C=O) groups is 2. The van der Waals surface area contributed by atoms with Gasteiger partial charge in [-0.05, 0) is 63.2 Å². The van der Waals surface area contributed by atoms with Crippen molar-refractivity contribution >= 4 is 11.7 Å². The monoisotopic (exact) mass is 440 g/mol. The number of carbonyl (C=O) groups excluding carboxylic acids is 2. The lowest BCUT2D eigenvalue weighted by atomic mass is 10.1. The number of ketones is 1. The summed E-state index contributed by atoms with van der Waals surface area (Å²) in [5.74, 6) is -0.263. The number of morpholine rings is 1. The minimum atomic E-state index is -1.13. The van der Waals surface area contributed by atoms with Gasteiger partial charge >= 0.3 is 0 Å². The summed E-state index contributed by atoms with van der Waals surface area (Å²) in [7, 11) is 0. The van der Waals surface area contributed by atoms with Crippen molar-refractivity contribution in [1.82, 2.24) is 4.90 Å². The molecule has 1 aliphatic rings. The Labute approximate surface area is 186 Å². The molecule has 1 unspecified atom stereocenters. The van der Waals surface area contributed by atoms with Crippen LogP contribution in [0.4, 0.5) is 4.39 Å². The summed E-state index contributed by atoms with van der Waals surface area (Å²) < 4.78 is 30.8. The van der Waals surface area contributed by atoms with Gasteiger partial charge in [0.25, 0.3) is 5.91 Å². The first-order valence-electron chi connectivity index (χ1n) is 10.2. The average molecular weight is 440 g/mol. The van der Waals surface area contributed by atoms with Gasteiger partial charge in [0.15, 0.2) is 11.4 Å². The highest BCUT2D eigenvalue weighted by atomic mass is 19.1. The Morgan fingerprint density at radius 2 is 1.97 bits per heavy atom. The van der Waals surface area contributed by atoms with E-state index >= 15 is 0 Å². The normalized spacial score (nSPS) is 16.2. The number of rotatable bonds is 7. The number of nitrogens with zero attached hydrogens (tertiary/aromatic N) is 2. The molecule has 1 saturated heterocycles. The smallest absolute Gasteiger partial charge is 0.266 e. The number of ether oxygens (including phenoxy) is 3. The molecule has 0 radical (unpaired) electrons. The van der Waals surface area contributed by atoms with Crippen LogP contribution in [0.5, 0.6) is 11.5 Å². The molecule has 0 saturated carbocycles. The van der Waals surface area contributed by atoms with Crippen molar-refractivity contribution in [2.24, 2.45) is 0 Å². The molecule has 1 heterocycles. The summed E-state index contributed by atoms with van der Waals surface area (Å²) in [5.41, 5.74) is -0.465. The standard InChI is InChI=1S/C24H25FN2O5/c1-16(28)21-12-18(25)6-9-22(21)31-15-20-14-27(10-11-30-20)23(29)24(2,3)32-19-7-4-17(13-26)5-8-19/h4-9,12,20H,10-11,14-15H2,1-3H3. The highest BCUT2D eigenvalue weighted by Crippen LogP contribution is 2.24. The van der Waals surface area contributed by atoms with Crippen molar-refractivity contribution in [3.05, 3.63) is 59.4 Å². The third kappa shape index (κ3) is 5.62. The number of benzene rings is 2. The molecule has 168 valence electrons. The maximum atomic E-state index is 13.4. The molecule has 7 nitrogen and oxygen atoms in total. The Morgan fingerprint density at radius 3 is 2.62 bits per heavy atom. The molecule has 0 aromatic heterocycles. The van der Waals surface area contributed by atoms with Gasteiger partial charge in [-0.15, -0.1) is 0 Å². The number of hydrogen-bond donors (Lipinski definition) is 0. The SMILES string of the molecule is CC(=O)c1cc(F)ccc1OCC1CN(C(=O)C(C)(C)Oc2ccc(C#N)cc2)CCO1. The van der Waals surface area contributed by atoms with Crippen LogP contribution in [0.3, 0.4) is 0 Å². The van der Waals surface area contributed by atoms with Crippen LogP contribution in [0.1, 0.15) is 36.7 Å². The maximum Gasteiger partial charge on any atom is 0.266 e. The zero-order chi connectivity index (χ0) is 23.3. The number of amides is 1. The van der Waals surface area contributed by atoms with E-state index in [4.69, 9.17) is 19.5 Å². The van der Waals surface area contributed by atoms with Gasteiger partial charge in [0, 0.05) is 6.54 Å². The van der Waals surface area contributed by atoms with E-state index in [-0.39, 0.29) is 36.2 Å².